The number of fused-ring (bicyclic) bond motifs is 1. The molecule has 0 bridgehead atoms. The lowest BCUT2D eigenvalue weighted by atomic mass is 10.1. The monoisotopic (exact) mass is 726 g/mol. The lowest BCUT2D eigenvalue weighted by Gasteiger charge is -2.16. The second-order valence-electron chi connectivity index (χ2n) is 9.45. The van der Waals surface area contributed by atoms with E-state index >= 15 is 0 Å². The number of rotatable bonds is 8. The lowest BCUT2D eigenvalue weighted by Crippen LogP contribution is -2.24. The molecule has 2 heterocycles. The summed E-state index contributed by atoms with van der Waals surface area (Å²) >= 11 is 23.8. The van der Waals surface area contributed by atoms with Crippen LogP contribution in [0.5, 0.6) is 0 Å². The summed E-state index contributed by atoms with van der Waals surface area (Å²) in [5.74, 6) is 0.863. The van der Waals surface area contributed by atoms with Crippen molar-refractivity contribution in [2.24, 2.45) is 0 Å². The third-order valence-electron chi connectivity index (χ3n) is 6.60. The van der Waals surface area contributed by atoms with Crippen LogP contribution in [0.1, 0.15) is 11.4 Å². The SMILES string of the molecule is O=c1c2cc(Br)ccc2nc(Cc2ccccc2Nc2c(Cl)cccc2Cl)n1-c1nc(Nc2ccc([N+](=O)[O-])cc2Cl)cs1. The number of nitrogens with zero attached hydrogens (tertiary/aromatic N) is 4. The summed E-state index contributed by atoms with van der Waals surface area (Å²) in [6.07, 6.45) is 0.267. The maximum atomic E-state index is 14.0. The summed E-state index contributed by atoms with van der Waals surface area (Å²) in [6.45, 7) is 0. The number of anilines is 4. The van der Waals surface area contributed by atoms with Crippen LogP contribution in [0.4, 0.5) is 28.6 Å². The highest BCUT2D eigenvalue weighted by Gasteiger charge is 2.19. The minimum absolute atomic E-state index is 0.129. The van der Waals surface area contributed by atoms with Gasteiger partial charge in [-0.15, -0.1) is 11.3 Å². The van der Waals surface area contributed by atoms with Gasteiger partial charge in [-0.1, -0.05) is 75.0 Å². The molecule has 220 valence electrons. The smallest absolute Gasteiger partial charge is 0.271 e. The van der Waals surface area contributed by atoms with Crippen LogP contribution >= 0.6 is 62.1 Å². The zero-order chi connectivity index (χ0) is 31.0. The highest BCUT2D eigenvalue weighted by molar-refractivity contribution is 9.10. The number of hydrogen-bond donors (Lipinski definition) is 2. The summed E-state index contributed by atoms with van der Waals surface area (Å²) in [5.41, 5.74) is 2.70. The minimum atomic E-state index is -0.521. The van der Waals surface area contributed by atoms with Crippen molar-refractivity contribution in [3.63, 3.8) is 0 Å². The van der Waals surface area contributed by atoms with Gasteiger partial charge in [0.25, 0.3) is 11.2 Å². The fourth-order valence-corrected chi connectivity index (χ4v) is 6.37. The Balaban J connectivity index is 1.42. The minimum Gasteiger partial charge on any atom is -0.353 e. The molecule has 0 unspecified atom stereocenters. The quantitative estimate of drug-likeness (QED) is 0.119. The van der Waals surface area contributed by atoms with Gasteiger partial charge in [-0.25, -0.2) is 14.5 Å². The third kappa shape index (κ3) is 6.15. The van der Waals surface area contributed by atoms with Crippen LogP contribution in [-0.2, 0) is 6.42 Å². The van der Waals surface area contributed by atoms with E-state index in [-0.39, 0.29) is 22.7 Å². The van der Waals surface area contributed by atoms with Crippen LogP contribution in [0, 0.1) is 10.1 Å². The number of thiazole rings is 1. The number of non-ortho nitro benzene ring substituents is 1. The van der Waals surface area contributed by atoms with Gasteiger partial charge in [-0.3, -0.25) is 14.9 Å². The third-order valence-corrected chi connectivity index (χ3v) is 8.86. The van der Waals surface area contributed by atoms with Crippen LogP contribution in [-0.4, -0.2) is 19.5 Å². The highest BCUT2D eigenvalue weighted by atomic mass is 79.9. The average Bonchev–Trinajstić information content (AvgIpc) is 3.45. The molecule has 0 saturated heterocycles. The van der Waals surface area contributed by atoms with Gasteiger partial charge >= 0.3 is 0 Å². The second-order valence-corrected chi connectivity index (χ2v) is 12.4. The molecule has 0 spiro atoms. The van der Waals surface area contributed by atoms with E-state index in [9.17, 15) is 14.9 Å². The fourth-order valence-electron chi connectivity index (χ4n) is 4.52. The van der Waals surface area contributed by atoms with E-state index in [4.69, 9.17) is 39.8 Å². The van der Waals surface area contributed by atoms with Crippen molar-refractivity contribution in [1.29, 1.82) is 0 Å². The molecular formula is C30H18BrCl3N6O3S. The first-order valence-electron chi connectivity index (χ1n) is 12.8. The number of nitrogens with one attached hydrogen (secondary N) is 2. The number of hydrogen-bond acceptors (Lipinski definition) is 8. The van der Waals surface area contributed by atoms with E-state index in [1.807, 2.05) is 30.3 Å². The first-order valence-corrected chi connectivity index (χ1v) is 15.7. The number of halogens is 4. The number of nitro groups is 1. The van der Waals surface area contributed by atoms with Gasteiger partial charge in [-0.2, -0.15) is 0 Å². The summed E-state index contributed by atoms with van der Waals surface area (Å²) in [7, 11) is 0. The largest absolute Gasteiger partial charge is 0.353 e. The van der Waals surface area contributed by atoms with E-state index in [1.165, 1.54) is 34.1 Å². The Kier molecular flexibility index (Phi) is 8.57. The lowest BCUT2D eigenvalue weighted by molar-refractivity contribution is -0.384. The van der Waals surface area contributed by atoms with Gasteiger partial charge in [0.15, 0.2) is 5.13 Å². The molecule has 9 nitrogen and oxygen atoms in total. The molecule has 2 N–H and O–H groups in total. The van der Waals surface area contributed by atoms with E-state index in [1.54, 1.807) is 35.7 Å². The molecule has 6 rings (SSSR count). The van der Waals surface area contributed by atoms with Gasteiger partial charge in [0.1, 0.15) is 11.6 Å². The van der Waals surface area contributed by atoms with Crippen LogP contribution < -0.4 is 16.2 Å². The zero-order valence-corrected chi connectivity index (χ0v) is 26.9. The number of benzene rings is 4. The summed E-state index contributed by atoms with van der Waals surface area (Å²) in [4.78, 5) is 34.1. The molecule has 0 amide bonds. The molecule has 0 saturated carbocycles. The first kappa shape index (κ1) is 30.0. The molecule has 0 aliphatic heterocycles. The van der Waals surface area contributed by atoms with Crippen LogP contribution in [0.25, 0.3) is 16.0 Å². The normalized spacial score (nSPS) is 11.1. The van der Waals surface area contributed by atoms with Crippen molar-refractivity contribution in [3.05, 3.63) is 136 Å². The van der Waals surface area contributed by atoms with E-state index < -0.39 is 4.92 Å². The first-order chi connectivity index (χ1) is 21.2. The summed E-state index contributed by atoms with van der Waals surface area (Å²) in [6, 6.07) is 22.3. The Morgan fingerprint density at radius 3 is 2.41 bits per heavy atom. The standard InChI is InChI=1S/C30H18BrCl3N6O3S/c31-17-8-10-24-19(13-17)29(41)39(30-38-26(15-44-30)35-25-11-9-18(40(42)43)14-22(25)34)27(36-24)12-16-4-1-2-7-23(16)37-28-20(32)5-3-6-21(28)33/h1-11,13-15,35,37H,12H2. The van der Waals surface area contributed by atoms with Crippen molar-refractivity contribution in [2.75, 3.05) is 10.6 Å². The van der Waals surface area contributed by atoms with E-state index in [0.29, 0.717) is 49.1 Å². The number of nitro benzene ring substituents is 1. The van der Waals surface area contributed by atoms with Crippen LogP contribution in [0.3, 0.4) is 0 Å². The Morgan fingerprint density at radius 2 is 1.66 bits per heavy atom. The van der Waals surface area contributed by atoms with Gasteiger partial charge < -0.3 is 10.6 Å². The molecule has 0 radical (unpaired) electrons. The van der Waals surface area contributed by atoms with Crippen LogP contribution in [0.15, 0.2) is 93.5 Å². The van der Waals surface area contributed by atoms with Gasteiger partial charge in [0.2, 0.25) is 0 Å². The Bertz CT molecular complexity index is 2120. The van der Waals surface area contributed by atoms with Gasteiger partial charge in [0.05, 0.1) is 42.3 Å². The molecule has 0 aliphatic rings. The van der Waals surface area contributed by atoms with Crippen molar-refractivity contribution in [3.8, 4) is 5.13 Å². The van der Waals surface area contributed by atoms with E-state index in [0.717, 1.165) is 15.7 Å². The highest BCUT2D eigenvalue weighted by Crippen LogP contribution is 2.35. The van der Waals surface area contributed by atoms with Crippen molar-refractivity contribution in [2.45, 2.75) is 6.42 Å². The fraction of sp³-hybridized carbons (Fsp3) is 0.0333. The molecule has 6 aromatic rings. The van der Waals surface area contributed by atoms with Crippen molar-refractivity contribution >= 4 is 102 Å². The number of aromatic nitrogens is 3. The molecule has 0 atom stereocenters. The van der Waals surface area contributed by atoms with Crippen molar-refractivity contribution < 1.29 is 4.92 Å². The molecule has 0 aliphatic carbocycles. The average molecular weight is 729 g/mol. The Labute approximate surface area is 277 Å². The maximum Gasteiger partial charge on any atom is 0.271 e. The molecular weight excluding hydrogens is 711 g/mol. The number of para-hydroxylation sites is 2. The van der Waals surface area contributed by atoms with Gasteiger partial charge in [-0.05, 0) is 48.0 Å². The second kappa shape index (κ2) is 12.5. The van der Waals surface area contributed by atoms with Gasteiger partial charge in [0, 0.05) is 34.1 Å². The zero-order valence-electron chi connectivity index (χ0n) is 22.2. The Morgan fingerprint density at radius 1 is 0.886 bits per heavy atom. The predicted molar refractivity (Wildman–Crippen MR) is 181 cm³/mol. The van der Waals surface area contributed by atoms with Crippen molar-refractivity contribution in [1.82, 2.24) is 14.5 Å². The molecule has 2 aromatic heterocycles. The Hall–Kier alpha value is -4.00. The predicted octanol–water partition coefficient (Wildman–Crippen LogP) is 9.55. The molecule has 4 aromatic carbocycles. The van der Waals surface area contributed by atoms with E-state index in [2.05, 4.69) is 31.5 Å². The summed E-state index contributed by atoms with van der Waals surface area (Å²) < 4.78 is 2.23. The molecule has 44 heavy (non-hydrogen) atoms. The summed E-state index contributed by atoms with van der Waals surface area (Å²) in [5, 5.41) is 21.1. The maximum absolute atomic E-state index is 14.0. The topological polar surface area (TPSA) is 115 Å². The molecule has 0 fully saturated rings. The molecule has 14 heteroatoms. The van der Waals surface area contributed by atoms with Crippen LogP contribution in [0.2, 0.25) is 15.1 Å².